The number of hydrogen-bond donors (Lipinski definition) is 1. The van der Waals surface area contributed by atoms with E-state index in [-0.39, 0.29) is 5.54 Å². The van der Waals surface area contributed by atoms with E-state index in [9.17, 15) is 0 Å². The number of nitrogens with zero attached hydrogens (tertiary/aromatic N) is 1. The molecule has 112 valence electrons. The van der Waals surface area contributed by atoms with Crippen LogP contribution in [0.4, 0.5) is 5.69 Å². The average molecular weight is 276 g/mol. The van der Waals surface area contributed by atoms with Gasteiger partial charge in [-0.3, -0.25) is 0 Å². The Kier molecular flexibility index (Phi) is 4.28. The molecule has 2 rings (SSSR count). The van der Waals surface area contributed by atoms with E-state index in [1.165, 1.54) is 23.2 Å². The Balaban J connectivity index is 2.56. The summed E-state index contributed by atoms with van der Waals surface area (Å²) < 4.78 is 5.59. The quantitative estimate of drug-likeness (QED) is 0.910. The van der Waals surface area contributed by atoms with Crippen molar-refractivity contribution < 1.29 is 4.74 Å². The van der Waals surface area contributed by atoms with E-state index in [1.54, 1.807) is 7.11 Å². The highest BCUT2D eigenvalue weighted by atomic mass is 16.5. The van der Waals surface area contributed by atoms with Crippen molar-refractivity contribution in [1.82, 2.24) is 5.32 Å². The molecule has 1 N–H and O–H groups in total. The summed E-state index contributed by atoms with van der Waals surface area (Å²) in [5.74, 6) is 1.57. The van der Waals surface area contributed by atoms with Gasteiger partial charge in [0, 0.05) is 35.9 Å². The molecule has 1 aliphatic rings. The summed E-state index contributed by atoms with van der Waals surface area (Å²) in [6.45, 7) is 11.1. The molecule has 3 heteroatoms. The van der Waals surface area contributed by atoms with Crippen molar-refractivity contribution in [3.05, 3.63) is 23.3 Å². The first kappa shape index (κ1) is 15.2. The Hall–Kier alpha value is -1.22. The number of hydrogen-bond acceptors (Lipinski definition) is 3. The Morgan fingerprint density at radius 1 is 1.40 bits per heavy atom. The van der Waals surface area contributed by atoms with Crippen molar-refractivity contribution in [2.24, 2.45) is 0 Å². The maximum atomic E-state index is 5.59. The Bertz CT molecular complexity index is 482. The second-order valence-electron chi connectivity index (χ2n) is 6.42. The Morgan fingerprint density at radius 3 is 2.65 bits per heavy atom. The zero-order valence-electron chi connectivity index (χ0n) is 13.7. The maximum Gasteiger partial charge on any atom is 0.125 e. The first-order valence-electron chi connectivity index (χ1n) is 7.57. The van der Waals surface area contributed by atoms with Crippen LogP contribution in [0.5, 0.6) is 5.75 Å². The molecule has 1 aromatic rings. The molecular weight excluding hydrogens is 248 g/mol. The van der Waals surface area contributed by atoms with E-state index in [0.29, 0.717) is 5.92 Å². The largest absolute Gasteiger partial charge is 0.496 e. The molecule has 3 nitrogen and oxygen atoms in total. The van der Waals surface area contributed by atoms with Crippen LogP contribution in [0, 0.1) is 0 Å². The molecule has 1 heterocycles. The van der Waals surface area contributed by atoms with E-state index >= 15 is 0 Å². The van der Waals surface area contributed by atoms with Gasteiger partial charge in [-0.15, -0.1) is 0 Å². The fourth-order valence-corrected chi connectivity index (χ4v) is 3.67. The van der Waals surface area contributed by atoms with Gasteiger partial charge in [0.25, 0.3) is 0 Å². The van der Waals surface area contributed by atoms with E-state index < -0.39 is 0 Å². The summed E-state index contributed by atoms with van der Waals surface area (Å²) in [6.07, 6.45) is 1.19. The van der Waals surface area contributed by atoms with Crippen LogP contribution in [0.3, 0.4) is 0 Å². The molecule has 1 atom stereocenters. The minimum absolute atomic E-state index is 0.205. The topological polar surface area (TPSA) is 24.5 Å². The first-order chi connectivity index (χ1) is 9.44. The molecule has 0 fully saturated rings. The lowest BCUT2D eigenvalue weighted by atomic mass is 9.79. The molecular formula is C17H28N2O. The van der Waals surface area contributed by atoms with Crippen LogP contribution in [-0.2, 0) is 6.54 Å². The molecule has 0 aromatic heterocycles. The summed E-state index contributed by atoms with van der Waals surface area (Å²) in [5.41, 5.74) is 4.25. The van der Waals surface area contributed by atoms with Crippen LogP contribution < -0.4 is 15.0 Å². The lowest BCUT2D eigenvalue weighted by Crippen LogP contribution is -2.48. The van der Waals surface area contributed by atoms with Crippen molar-refractivity contribution >= 4 is 5.69 Å². The van der Waals surface area contributed by atoms with Gasteiger partial charge in [-0.1, -0.05) is 6.92 Å². The highest BCUT2D eigenvalue weighted by Gasteiger charge is 2.36. The van der Waals surface area contributed by atoms with Gasteiger partial charge in [0.05, 0.1) is 7.11 Å². The number of methoxy groups -OCH3 is 1. The third-order valence-electron chi connectivity index (χ3n) is 4.47. The number of nitrogens with one attached hydrogen (secondary N) is 1. The Labute approximate surface area is 123 Å². The fraction of sp³-hybridized carbons (Fsp3) is 0.647. The van der Waals surface area contributed by atoms with Gasteiger partial charge in [0.15, 0.2) is 0 Å². The molecule has 0 saturated heterocycles. The minimum atomic E-state index is 0.205. The van der Waals surface area contributed by atoms with Crippen LogP contribution in [0.25, 0.3) is 0 Å². The van der Waals surface area contributed by atoms with Gasteiger partial charge >= 0.3 is 0 Å². The van der Waals surface area contributed by atoms with E-state index in [0.717, 1.165) is 18.8 Å². The second-order valence-corrected chi connectivity index (χ2v) is 6.42. The maximum absolute atomic E-state index is 5.59. The predicted octanol–water partition coefficient (Wildman–Crippen LogP) is 3.53. The van der Waals surface area contributed by atoms with Gasteiger partial charge in [0.2, 0.25) is 0 Å². The lowest BCUT2D eigenvalue weighted by molar-refractivity contribution is 0.376. The average Bonchev–Trinajstić information content (AvgIpc) is 2.38. The standard InChI is InChI=1S/C17H28N2O/c1-7-19-15-9-16(20-6)13(11-18-5)8-14(15)12(2)10-17(19,3)4/h8-9,12,18H,7,10-11H2,1-6H3. The first-order valence-corrected chi connectivity index (χ1v) is 7.57. The van der Waals surface area contributed by atoms with Crippen molar-refractivity contribution in [1.29, 1.82) is 0 Å². The molecule has 1 aliphatic heterocycles. The number of anilines is 1. The fourth-order valence-electron chi connectivity index (χ4n) is 3.67. The molecule has 0 saturated carbocycles. The summed E-state index contributed by atoms with van der Waals surface area (Å²) in [4.78, 5) is 2.51. The second kappa shape index (κ2) is 5.65. The van der Waals surface area contributed by atoms with Crippen molar-refractivity contribution in [2.75, 3.05) is 25.6 Å². The summed E-state index contributed by atoms with van der Waals surface area (Å²) in [7, 11) is 3.73. The monoisotopic (exact) mass is 276 g/mol. The van der Waals surface area contributed by atoms with Crippen LogP contribution in [0.1, 0.15) is 51.2 Å². The molecule has 0 amide bonds. The molecule has 0 spiro atoms. The third-order valence-corrected chi connectivity index (χ3v) is 4.47. The molecule has 0 aliphatic carbocycles. The summed E-state index contributed by atoms with van der Waals surface area (Å²) in [5, 5.41) is 3.23. The number of benzene rings is 1. The number of fused-ring (bicyclic) bond motifs is 1. The number of rotatable bonds is 4. The number of ether oxygens (including phenoxy) is 1. The van der Waals surface area contributed by atoms with Gasteiger partial charge in [-0.25, -0.2) is 0 Å². The molecule has 0 bridgehead atoms. The Morgan fingerprint density at radius 2 is 2.10 bits per heavy atom. The summed E-state index contributed by atoms with van der Waals surface area (Å²) in [6, 6.07) is 4.55. The zero-order valence-corrected chi connectivity index (χ0v) is 13.7. The van der Waals surface area contributed by atoms with E-state index in [2.05, 4.69) is 50.0 Å². The molecule has 1 aromatic carbocycles. The van der Waals surface area contributed by atoms with Gasteiger partial charge in [-0.05, 0) is 51.8 Å². The van der Waals surface area contributed by atoms with Crippen molar-refractivity contribution in [2.45, 2.75) is 52.1 Å². The predicted molar refractivity (Wildman–Crippen MR) is 85.9 cm³/mol. The van der Waals surface area contributed by atoms with Crippen molar-refractivity contribution in [3.63, 3.8) is 0 Å². The van der Waals surface area contributed by atoms with Gasteiger partial charge in [0.1, 0.15) is 5.75 Å². The smallest absolute Gasteiger partial charge is 0.125 e. The van der Waals surface area contributed by atoms with Crippen LogP contribution in [0.2, 0.25) is 0 Å². The molecule has 20 heavy (non-hydrogen) atoms. The highest BCUT2D eigenvalue weighted by Crippen LogP contribution is 2.45. The van der Waals surface area contributed by atoms with Crippen LogP contribution in [0.15, 0.2) is 12.1 Å². The SMILES string of the molecule is CCN1c2cc(OC)c(CNC)cc2C(C)CC1(C)C. The van der Waals surface area contributed by atoms with E-state index in [1.807, 2.05) is 7.05 Å². The third kappa shape index (κ3) is 2.51. The van der Waals surface area contributed by atoms with Crippen molar-refractivity contribution in [3.8, 4) is 5.75 Å². The van der Waals surface area contributed by atoms with Gasteiger partial charge in [-0.2, -0.15) is 0 Å². The van der Waals surface area contributed by atoms with Crippen LogP contribution in [-0.4, -0.2) is 26.2 Å². The summed E-state index contributed by atoms with van der Waals surface area (Å²) >= 11 is 0. The molecule has 0 radical (unpaired) electrons. The van der Waals surface area contributed by atoms with Gasteiger partial charge < -0.3 is 15.0 Å². The normalized spacial score (nSPS) is 20.7. The lowest BCUT2D eigenvalue weighted by Gasteiger charge is -2.47. The van der Waals surface area contributed by atoms with Crippen LogP contribution >= 0.6 is 0 Å². The minimum Gasteiger partial charge on any atom is -0.496 e. The highest BCUT2D eigenvalue weighted by molar-refractivity contribution is 5.64. The zero-order chi connectivity index (χ0) is 14.9. The van der Waals surface area contributed by atoms with E-state index in [4.69, 9.17) is 4.74 Å². The molecule has 1 unspecified atom stereocenters.